The molecular formula is C18H19ClN4O3. The predicted molar refractivity (Wildman–Crippen MR) is 97.6 cm³/mol. The highest BCUT2D eigenvalue weighted by atomic mass is 35.5. The first-order valence-electron chi connectivity index (χ1n) is 8.39. The number of rotatable bonds is 6. The summed E-state index contributed by atoms with van der Waals surface area (Å²) in [5.41, 5.74) is 0.674. The zero-order valence-electron chi connectivity index (χ0n) is 14.1. The molecule has 136 valence electrons. The molecule has 2 aromatic rings. The molecule has 1 atom stereocenters. The predicted octanol–water partition coefficient (Wildman–Crippen LogP) is 2.33. The Morgan fingerprint density at radius 2 is 1.92 bits per heavy atom. The zero-order chi connectivity index (χ0) is 18.5. The lowest BCUT2D eigenvalue weighted by Gasteiger charge is -2.17. The number of nitrogens with one attached hydrogen (secondary N) is 1. The second-order valence-corrected chi connectivity index (χ2v) is 6.48. The molecule has 1 aliphatic rings. The summed E-state index contributed by atoms with van der Waals surface area (Å²) in [6, 6.07) is 8.76. The van der Waals surface area contributed by atoms with Gasteiger partial charge in [0, 0.05) is 19.6 Å². The lowest BCUT2D eigenvalue weighted by atomic mass is 9.99. The molecule has 2 heterocycles. The lowest BCUT2D eigenvalue weighted by molar-refractivity contribution is -0.138. The van der Waals surface area contributed by atoms with E-state index in [1.54, 1.807) is 24.3 Å². The van der Waals surface area contributed by atoms with Crippen LogP contribution in [0.4, 0.5) is 5.95 Å². The summed E-state index contributed by atoms with van der Waals surface area (Å²) in [5, 5.41) is 12.2. The Balaban J connectivity index is 1.73. The molecule has 0 spiro atoms. The minimum Gasteiger partial charge on any atom is -0.481 e. The van der Waals surface area contributed by atoms with Crippen LogP contribution in [0, 0.1) is 0 Å². The van der Waals surface area contributed by atoms with E-state index in [-0.39, 0.29) is 17.3 Å². The molecule has 26 heavy (non-hydrogen) atoms. The molecule has 3 rings (SSSR count). The van der Waals surface area contributed by atoms with Crippen molar-refractivity contribution in [3.05, 3.63) is 52.8 Å². The van der Waals surface area contributed by atoms with Crippen LogP contribution in [0.25, 0.3) is 0 Å². The maximum absolute atomic E-state index is 12.5. The van der Waals surface area contributed by atoms with Gasteiger partial charge in [-0.2, -0.15) is 0 Å². The van der Waals surface area contributed by atoms with E-state index in [9.17, 15) is 14.7 Å². The van der Waals surface area contributed by atoms with Crippen molar-refractivity contribution < 1.29 is 14.7 Å². The fourth-order valence-electron chi connectivity index (χ4n) is 2.90. The van der Waals surface area contributed by atoms with Crippen molar-refractivity contribution in [1.82, 2.24) is 15.3 Å². The minimum atomic E-state index is -1.01. The van der Waals surface area contributed by atoms with Gasteiger partial charge in [0.2, 0.25) is 5.95 Å². The fraction of sp³-hybridized carbons (Fsp3) is 0.333. The summed E-state index contributed by atoms with van der Waals surface area (Å²) in [7, 11) is 0. The Morgan fingerprint density at radius 1 is 1.23 bits per heavy atom. The van der Waals surface area contributed by atoms with Crippen LogP contribution in [-0.4, -0.2) is 46.6 Å². The van der Waals surface area contributed by atoms with Crippen LogP contribution in [0.2, 0.25) is 5.02 Å². The second kappa shape index (κ2) is 8.14. The largest absolute Gasteiger partial charge is 0.481 e. The van der Waals surface area contributed by atoms with Gasteiger partial charge in [-0.25, -0.2) is 9.97 Å². The minimum absolute atomic E-state index is 0.0563. The number of carbonyl (C=O) groups is 2. The van der Waals surface area contributed by atoms with Crippen LogP contribution in [0.15, 0.2) is 36.5 Å². The molecule has 1 fully saturated rings. The Kier molecular flexibility index (Phi) is 5.68. The molecule has 8 heteroatoms. The monoisotopic (exact) mass is 374 g/mol. The van der Waals surface area contributed by atoms with Crippen molar-refractivity contribution in [3.8, 4) is 0 Å². The van der Waals surface area contributed by atoms with Gasteiger partial charge in [-0.3, -0.25) is 9.59 Å². The van der Waals surface area contributed by atoms with E-state index in [2.05, 4.69) is 15.3 Å². The quantitative estimate of drug-likeness (QED) is 0.805. The van der Waals surface area contributed by atoms with Crippen molar-refractivity contribution in [1.29, 1.82) is 0 Å². The summed E-state index contributed by atoms with van der Waals surface area (Å²) < 4.78 is 0. The molecule has 1 aromatic heterocycles. The van der Waals surface area contributed by atoms with Crippen LogP contribution >= 0.6 is 11.6 Å². The van der Waals surface area contributed by atoms with Gasteiger partial charge >= 0.3 is 5.97 Å². The van der Waals surface area contributed by atoms with Gasteiger partial charge in [-0.15, -0.1) is 0 Å². The van der Waals surface area contributed by atoms with Gasteiger partial charge in [0.1, 0.15) is 0 Å². The van der Waals surface area contributed by atoms with E-state index < -0.39 is 17.8 Å². The lowest BCUT2D eigenvalue weighted by Crippen LogP contribution is -2.33. The number of aromatic nitrogens is 2. The number of hydrogen-bond acceptors (Lipinski definition) is 5. The number of carboxylic acid groups (broad SMARTS) is 1. The van der Waals surface area contributed by atoms with Crippen LogP contribution < -0.4 is 10.2 Å². The van der Waals surface area contributed by atoms with Gasteiger partial charge in [0.15, 0.2) is 5.69 Å². The molecule has 0 bridgehead atoms. The molecule has 0 radical (unpaired) electrons. The van der Waals surface area contributed by atoms with Crippen LogP contribution in [0.1, 0.15) is 34.8 Å². The maximum atomic E-state index is 12.5. The van der Waals surface area contributed by atoms with Crippen molar-refractivity contribution >= 4 is 29.4 Å². The number of carboxylic acids is 1. The summed E-state index contributed by atoms with van der Waals surface area (Å²) in [5.74, 6) is -1.91. The Morgan fingerprint density at radius 3 is 2.58 bits per heavy atom. The van der Waals surface area contributed by atoms with Crippen LogP contribution in [-0.2, 0) is 4.79 Å². The number of hydrogen-bond donors (Lipinski definition) is 2. The van der Waals surface area contributed by atoms with Crippen molar-refractivity contribution in [2.45, 2.75) is 18.8 Å². The first kappa shape index (κ1) is 18.1. The van der Waals surface area contributed by atoms with Crippen LogP contribution in [0.3, 0.4) is 0 Å². The first-order valence-corrected chi connectivity index (χ1v) is 8.77. The number of benzene rings is 1. The van der Waals surface area contributed by atoms with E-state index in [0.717, 1.165) is 25.9 Å². The highest BCUT2D eigenvalue weighted by molar-refractivity contribution is 6.33. The van der Waals surface area contributed by atoms with E-state index >= 15 is 0 Å². The second-order valence-electron chi connectivity index (χ2n) is 6.07. The van der Waals surface area contributed by atoms with Crippen molar-refractivity contribution in [2.24, 2.45) is 0 Å². The Bertz CT molecular complexity index is 794. The average molecular weight is 375 g/mol. The normalized spacial score (nSPS) is 14.9. The third-order valence-electron chi connectivity index (χ3n) is 4.30. The van der Waals surface area contributed by atoms with Crippen molar-refractivity contribution in [2.75, 3.05) is 24.5 Å². The van der Waals surface area contributed by atoms with E-state index in [1.807, 2.05) is 11.0 Å². The van der Waals surface area contributed by atoms with Gasteiger partial charge in [0.25, 0.3) is 5.91 Å². The SMILES string of the molecule is O=C(NCC(C(=O)O)c1ccccc1)c1nc(N2CCCC2)ncc1Cl. The Labute approximate surface area is 156 Å². The number of carbonyl (C=O) groups excluding carboxylic acids is 1. The molecule has 0 saturated carbocycles. The zero-order valence-corrected chi connectivity index (χ0v) is 14.8. The van der Waals surface area contributed by atoms with Gasteiger partial charge in [-0.05, 0) is 18.4 Å². The number of halogens is 1. The van der Waals surface area contributed by atoms with Gasteiger partial charge in [-0.1, -0.05) is 41.9 Å². The van der Waals surface area contributed by atoms with Gasteiger partial charge in [0.05, 0.1) is 17.1 Å². The standard InChI is InChI=1S/C18H19ClN4O3/c19-14-11-21-18(23-8-4-5-9-23)22-15(14)16(24)20-10-13(17(25)26)12-6-2-1-3-7-12/h1-3,6-7,11,13H,4-5,8-10H2,(H,20,24)(H,25,26). The van der Waals surface area contributed by atoms with E-state index in [1.165, 1.54) is 6.20 Å². The van der Waals surface area contributed by atoms with Gasteiger partial charge < -0.3 is 15.3 Å². The van der Waals surface area contributed by atoms with Crippen LogP contribution in [0.5, 0.6) is 0 Å². The third kappa shape index (κ3) is 4.11. The molecule has 1 aliphatic heterocycles. The van der Waals surface area contributed by atoms with E-state index in [4.69, 9.17) is 11.6 Å². The topological polar surface area (TPSA) is 95.4 Å². The molecule has 2 N–H and O–H groups in total. The highest BCUT2D eigenvalue weighted by Crippen LogP contribution is 2.20. The summed E-state index contributed by atoms with van der Waals surface area (Å²) >= 11 is 6.07. The number of aliphatic carboxylic acids is 1. The number of anilines is 1. The van der Waals surface area contributed by atoms with Crippen molar-refractivity contribution in [3.63, 3.8) is 0 Å². The smallest absolute Gasteiger partial charge is 0.312 e. The molecule has 7 nitrogen and oxygen atoms in total. The maximum Gasteiger partial charge on any atom is 0.312 e. The Hall–Kier alpha value is -2.67. The molecule has 0 aliphatic carbocycles. The summed E-state index contributed by atoms with van der Waals surface area (Å²) in [4.78, 5) is 34.5. The number of nitrogens with zero attached hydrogens (tertiary/aromatic N) is 3. The fourth-order valence-corrected chi connectivity index (χ4v) is 3.07. The molecule has 1 saturated heterocycles. The molecule has 1 aromatic carbocycles. The summed E-state index contributed by atoms with van der Waals surface area (Å²) in [6.07, 6.45) is 3.53. The number of amides is 1. The first-order chi connectivity index (χ1) is 12.6. The summed E-state index contributed by atoms with van der Waals surface area (Å²) in [6.45, 7) is 1.63. The third-order valence-corrected chi connectivity index (χ3v) is 4.58. The molecule has 1 amide bonds. The highest BCUT2D eigenvalue weighted by Gasteiger charge is 2.23. The average Bonchev–Trinajstić information content (AvgIpc) is 3.17. The van der Waals surface area contributed by atoms with E-state index in [0.29, 0.717) is 11.5 Å². The molecule has 1 unspecified atom stereocenters. The molecular weight excluding hydrogens is 356 g/mol.